The summed E-state index contributed by atoms with van der Waals surface area (Å²) in [5.74, 6) is 0. The molecule has 0 fully saturated rings. The van der Waals surface area contributed by atoms with Crippen LogP contribution in [0.5, 0.6) is 0 Å². The Labute approximate surface area is 69.1 Å². The Morgan fingerprint density at radius 3 is 0.625 bits per heavy atom. The van der Waals surface area contributed by atoms with Gasteiger partial charge in [-0.05, 0) is 0 Å². The van der Waals surface area contributed by atoms with E-state index in [0.717, 1.165) is 0 Å². The predicted molar refractivity (Wildman–Crippen MR) is 37.6 cm³/mol. The molecule has 0 saturated heterocycles. The maximum atomic E-state index is 5.02. The van der Waals surface area contributed by atoms with E-state index in [1.165, 1.54) is 0 Å². The van der Waals surface area contributed by atoms with Gasteiger partial charge in [0, 0.05) is 0 Å². The second kappa shape index (κ2) is 23.2. The van der Waals surface area contributed by atoms with E-state index < -0.39 is 23.3 Å². The second-order valence-corrected chi connectivity index (χ2v) is 13.2. The van der Waals surface area contributed by atoms with Crippen molar-refractivity contribution < 1.29 is 23.3 Å². The molecule has 56 valence electrons. The Morgan fingerprint density at radius 2 is 0.625 bits per heavy atom. The van der Waals surface area contributed by atoms with E-state index >= 15 is 0 Å². The molecule has 8 heteroatoms. The van der Waals surface area contributed by atoms with Crippen molar-refractivity contribution in [2.24, 2.45) is 0 Å². The summed E-state index contributed by atoms with van der Waals surface area (Å²) in [4.78, 5) is 0. The summed E-state index contributed by atoms with van der Waals surface area (Å²) >= 11 is -2.22. The summed E-state index contributed by atoms with van der Waals surface area (Å²) in [5.41, 5.74) is 0. The van der Waals surface area contributed by atoms with E-state index in [0.29, 0.717) is 0 Å². The molecule has 0 aliphatic carbocycles. The van der Waals surface area contributed by atoms with Crippen molar-refractivity contribution in [3.8, 4) is 0 Å². The van der Waals surface area contributed by atoms with Crippen LogP contribution in [-0.2, 0) is 23.3 Å². The molecule has 0 aromatic carbocycles. The zero-order valence-electron chi connectivity index (χ0n) is 4.54. The van der Waals surface area contributed by atoms with Gasteiger partial charge < -0.3 is 24.6 Å². The van der Waals surface area contributed by atoms with Crippen LogP contribution in [0.15, 0.2) is 0 Å². The zero-order valence-corrected chi connectivity index (χ0v) is 9.65. The molecule has 0 aromatic rings. The van der Waals surface area contributed by atoms with E-state index in [9.17, 15) is 0 Å². The fraction of sp³-hybridized carbons (Fsp3) is 0. The van der Waals surface area contributed by atoms with E-state index in [1.54, 1.807) is 0 Å². The Bertz CT molecular complexity index is 16.0. The Kier molecular flexibility index (Phi) is 95.5. The molecule has 0 amide bonds. The average molecular weight is 263 g/mol. The monoisotopic (exact) mass is 262 g/mol. The molecule has 0 aliphatic rings. The molecule has 0 radical (unpaired) electrons. The second-order valence-electron chi connectivity index (χ2n) is 0.247. The first-order chi connectivity index (χ1) is 1.73. The molecule has 0 heterocycles. The molecule has 4 nitrogen and oxygen atoms in total. The first-order valence-corrected chi connectivity index (χ1v) is 11.6. The molecule has 0 spiro atoms. The molecular weight excluding hydrogens is 251 g/mol. The molecule has 0 atom stereocenters. The molecule has 0 bridgehead atoms. The Morgan fingerprint density at radius 1 is 0.625 bits per heavy atom. The molecule has 0 unspecified atom stereocenters. The van der Waals surface area contributed by atoms with Crippen molar-refractivity contribution in [2.75, 3.05) is 0 Å². The summed E-state index contributed by atoms with van der Waals surface area (Å²) in [7, 11) is 15.0. The number of rotatable bonds is 0. The van der Waals surface area contributed by atoms with E-state index in [-0.39, 0.29) is 24.6 Å². The van der Waals surface area contributed by atoms with Crippen LogP contribution in [0.3, 0.4) is 0 Å². The minimum absolute atomic E-state index is 0. The van der Waals surface area contributed by atoms with E-state index in [1.807, 2.05) is 0 Å². The van der Waals surface area contributed by atoms with Crippen LogP contribution < -0.4 is 24.6 Å². The van der Waals surface area contributed by atoms with E-state index in [2.05, 4.69) is 0 Å². The van der Waals surface area contributed by atoms with Crippen LogP contribution in [0, 0.1) is 0 Å². The molecule has 0 aliphatic heterocycles. The SMILES string of the molecule is N.N.N.N.[Cl][Y]([Cl])[Cl]. The standard InChI is InChI=1S/3ClH.4H3N.Y/h3*1H;4*1H3;/q;;;;;;;+3/p-3. The molecule has 0 aromatic heterocycles. The fourth-order valence-electron chi connectivity index (χ4n) is 0. The van der Waals surface area contributed by atoms with Crippen LogP contribution in [0.2, 0.25) is 0 Å². The van der Waals surface area contributed by atoms with Crippen LogP contribution in [0.4, 0.5) is 0 Å². The van der Waals surface area contributed by atoms with Gasteiger partial charge in [0.1, 0.15) is 0 Å². The van der Waals surface area contributed by atoms with Gasteiger partial charge >= 0.3 is 45.3 Å². The summed E-state index contributed by atoms with van der Waals surface area (Å²) in [6.07, 6.45) is 0. The fourth-order valence-corrected chi connectivity index (χ4v) is 0. The third kappa shape index (κ3) is 110. The molecule has 0 rings (SSSR count). The van der Waals surface area contributed by atoms with Crippen LogP contribution >= 0.6 is 22.0 Å². The summed E-state index contributed by atoms with van der Waals surface area (Å²) in [5, 5.41) is 0. The van der Waals surface area contributed by atoms with Gasteiger partial charge in [0.15, 0.2) is 0 Å². The topological polar surface area (TPSA) is 140 Å². The minimum atomic E-state index is -2.22. The van der Waals surface area contributed by atoms with Crippen molar-refractivity contribution in [2.45, 2.75) is 0 Å². The van der Waals surface area contributed by atoms with Gasteiger partial charge in [-0.25, -0.2) is 0 Å². The number of hydrogen-bond donors (Lipinski definition) is 4. The molecule has 12 N–H and O–H groups in total. The Hall–Kier alpha value is 1.81. The van der Waals surface area contributed by atoms with Crippen LogP contribution in [-0.4, -0.2) is 0 Å². The first kappa shape index (κ1) is 32.9. The third-order valence-electron chi connectivity index (χ3n) is 0. The van der Waals surface area contributed by atoms with Crippen molar-refractivity contribution in [3.63, 3.8) is 0 Å². The first-order valence-electron chi connectivity index (χ1n) is 0.655. The van der Waals surface area contributed by atoms with Crippen molar-refractivity contribution in [3.05, 3.63) is 0 Å². The van der Waals surface area contributed by atoms with Gasteiger partial charge in [0.2, 0.25) is 0 Å². The van der Waals surface area contributed by atoms with Gasteiger partial charge in [-0.2, -0.15) is 0 Å². The molecular formula is H12Cl3N4Y. The quantitative estimate of drug-likeness (QED) is 0.533. The van der Waals surface area contributed by atoms with Crippen molar-refractivity contribution in [1.82, 2.24) is 24.6 Å². The van der Waals surface area contributed by atoms with Crippen molar-refractivity contribution in [1.29, 1.82) is 0 Å². The summed E-state index contributed by atoms with van der Waals surface area (Å²) < 4.78 is 0. The predicted octanol–water partition coefficient (Wildman–Crippen LogP) is 2.71. The number of halogens is 3. The van der Waals surface area contributed by atoms with Crippen LogP contribution in [0.1, 0.15) is 0 Å². The maximum absolute atomic E-state index is 5.02. The Balaban J connectivity index is -0.00000000750. The average Bonchev–Trinajstić information content (AvgIpc) is 0.811. The van der Waals surface area contributed by atoms with Gasteiger partial charge in [0.25, 0.3) is 0 Å². The van der Waals surface area contributed by atoms with Gasteiger partial charge in [-0.3, -0.25) is 0 Å². The van der Waals surface area contributed by atoms with Gasteiger partial charge in [-0.15, -0.1) is 0 Å². The number of hydrogen-bond acceptors (Lipinski definition) is 4. The van der Waals surface area contributed by atoms with Crippen LogP contribution in [0.25, 0.3) is 0 Å². The normalized spacial score (nSPS) is 3.38. The van der Waals surface area contributed by atoms with Gasteiger partial charge in [-0.1, -0.05) is 0 Å². The summed E-state index contributed by atoms with van der Waals surface area (Å²) in [6, 6.07) is 0. The third-order valence-corrected chi connectivity index (χ3v) is 0. The molecule has 8 heavy (non-hydrogen) atoms. The zero-order chi connectivity index (χ0) is 3.58. The van der Waals surface area contributed by atoms with Crippen molar-refractivity contribution >= 4 is 22.0 Å². The molecule has 0 saturated carbocycles. The summed E-state index contributed by atoms with van der Waals surface area (Å²) in [6.45, 7) is 0. The van der Waals surface area contributed by atoms with E-state index in [4.69, 9.17) is 22.0 Å². The van der Waals surface area contributed by atoms with Gasteiger partial charge in [0.05, 0.1) is 0 Å².